The van der Waals surface area contributed by atoms with E-state index in [2.05, 4.69) is 15.4 Å². The SMILES string of the molecule is COc1ccccc1-n1c(SCc2c(C)noc2C)nnc1-c1cccs1. The number of aromatic nitrogens is 4. The molecule has 0 fully saturated rings. The molecule has 0 aliphatic carbocycles. The van der Waals surface area contributed by atoms with Crippen molar-refractivity contribution in [3.63, 3.8) is 0 Å². The van der Waals surface area contributed by atoms with E-state index in [9.17, 15) is 0 Å². The average molecular weight is 399 g/mol. The highest BCUT2D eigenvalue weighted by Gasteiger charge is 2.20. The Kier molecular flexibility index (Phi) is 5.00. The number of methoxy groups -OCH3 is 1. The second kappa shape index (κ2) is 7.58. The van der Waals surface area contributed by atoms with E-state index in [1.165, 1.54) is 0 Å². The van der Waals surface area contributed by atoms with E-state index in [0.717, 1.165) is 44.3 Å². The van der Waals surface area contributed by atoms with E-state index in [4.69, 9.17) is 9.26 Å². The van der Waals surface area contributed by atoms with Crippen LogP contribution in [0.1, 0.15) is 17.0 Å². The van der Waals surface area contributed by atoms with Crippen molar-refractivity contribution in [2.24, 2.45) is 0 Å². The van der Waals surface area contributed by atoms with E-state index in [1.807, 2.05) is 60.2 Å². The molecule has 27 heavy (non-hydrogen) atoms. The molecular formula is C19H18N4O2S2. The average Bonchev–Trinajstić information content (AvgIpc) is 3.41. The van der Waals surface area contributed by atoms with Gasteiger partial charge in [0.1, 0.15) is 11.5 Å². The van der Waals surface area contributed by atoms with Gasteiger partial charge < -0.3 is 9.26 Å². The molecule has 6 nitrogen and oxygen atoms in total. The third-order valence-corrected chi connectivity index (χ3v) is 6.05. The lowest BCUT2D eigenvalue weighted by atomic mass is 10.2. The molecule has 3 heterocycles. The van der Waals surface area contributed by atoms with Gasteiger partial charge in [0.25, 0.3) is 0 Å². The fraction of sp³-hybridized carbons (Fsp3) is 0.211. The summed E-state index contributed by atoms with van der Waals surface area (Å²) in [4.78, 5) is 1.05. The van der Waals surface area contributed by atoms with Crippen LogP contribution in [0.5, 0.6) is 5.75 Å². The minimum absolute atomic E-state index is 0.707. The van der Waals surface area contributed by atoms with Crippen LogP contribution in [-0.2, 0) is 5.75 Å². The van der Waals surface area contributed by atoms with Gasteiger partial charge in [0.05, 0.1) is 23.4 Å². The van der Waals surface area contributed by atoms with Crippen molar-refractivity contribution in [1.29, 1.82) is 0 Å². The quantitative estimate of drug-likeness (QED) is 0.430. The van der Waals surface area contributed by atoms with Crippen LogP contribution in [-0.4, -0.2) is 27.0 Å². The van der Waals surface area contributed by atoms with Gasteiger partial charge in [-0.1, -0.05) is 35.1 Å². The fourth-order valence-corrected chi connectivity index (χ4v) is 4.60. The van der Waals surface area contributed by atoms with Crippen molar-refractivity contribution in [2.45, 2.75) is 24.8 Å². The lowest BCUT2D eigenvalue weighted by Gasteiger charge is -2.13. The number of rotatable bonds is 6. The third-order valence-electron chi connectivity index (χ3n) is 4.23. The third kappa shape index (κ3) is 3.38. The Hall–Kier alpha value is -2.58. The van der Waals surface area contributed by atoms with E-state index in [1.54, 1.807) is 30.2 Å². The van der Waals surface area contributed by atoms with Gasteiger partial charge in [0.2, 0.25) is 0 Å². The lowest BCUT2D eigenvalue weighted by Crippen LogP contribution is -2.02. The highest BCUT2D eigenvalue weighted by molar-refractivity contribution is 7.98. The first-order valence-corrected chi connectivity index (χ1v) is 10.2. The molecule has 0 N–H and O–H groups in total. The van der Waals surface area contributed by atoms with Crippen LogP contribution in [0, 0.1) is 13.8 Å². The molecule has 0 saturated heterocycles. The first kappa shape index (κ1) is 17.8. The van der Waals surface area contributed by atoms with Crippen molar-refractivity contribution in [1.82, 2.24) is 19.9 Å². The Bertz CT molecular complexity index is 1030. The summed E-state index contributed by atoms with van der Waals surface area (Å²) in [6.07, 6.45) is 0. The van der Waals surface area contributed by atoms with Crippen molar-refractivity contribution < 1.29 is 9.26 Å². The maximum Gasteiger partial charge on any atom is 0.196 e. The highest BCUT2D eigenvalue weighted by atomic mass is 32.2. The van der Waals surface area contributed by atoms with Crippen LogP contribution >= 0.6 is 23.1 Å². The number of para-hydroxylation sites is 2. The number of hydrogen-bond donors (Lipinski definition) is 0. The number of thioether (sulfide) groups is 1. The van der Waals surface area contributed by atoms with E-state index < -0.39 is 0 Å². The molecule has 0 spiro atoms. The predicted octanol–water partition coefficient (Wildman–Crippen LogP) is 4.90. The lowest BCUT2D eigenvalue weighted by molar-refractivity contribution is 0.392. The van der Waals surface area contributed by atoms with Gasteiger partial charge in [-0.25, -0.2) is 0 Å². The van der Waals surface area contributed by atoms with E-state index >= 15 is 0 Å². The Morgan fingerprint density at radius 1 is 1.15 bits per heavy atom. The molecule has 0 saturated carbocycles. The number of aryl methyl sites for hydroxylation is 2. The molecule has 138 valence electrons. The van der Waals surface area contributed by atoms with Crippen LogP contribution in [0.25, 0.3) is 16.4 Å². The zero-order chi connectivity index (χ0) is 18.8. The summed E-state index contributed by atoms with van der Waals surface area (Å²) >= 11 is 3.24. The van der Waals surface area contributed by atoms with E-state index in [-0.39, 0.29) is 0 Å². The topological polar surface area (TPSA) is 66.0 Å². The molecule has 0 unspecified atom stereocenters. The second-order valence-electron chi connectivity index (χ2n) is 5.88. The summed E-state index contributed by atoms with van der Waals surface area (Å²) in [7, 11) is 1.67. The monoisotopic (exact) mass is 398 g/mol. The molecular weight excluding hydrogens is 380 g/mol. The summed E-state index contributed by atoms with van der Waals surface area (Å²) in [6, 6.07) is 11.9. The molecule has 3 aromatic heterocycles. The maximum atomic E-state index is 5.58. The smallest absolute Gasteiger partial charge is 0.196 e. The van der Waals surface area contributed by atoms with Crippen molar-refractivity contribution in [3.05, 3.63) is 58.8 Å². The Morgan fingerprint density at radius 2 is 2.00 bits per heavy atom. The second-order valence-corrected chi connectivity index (χ2v) is 7.77. The summed E-state index contributed by atoms with van der Waals surface area (Å²) in [5, 5.41) is 15.8. The van der Waals surface area contributed by atoms with Crippen LogP contribution in [0.3, 0.4) is 0 Å². The molecule has 0 radical (unpaired) electrons. The number of benzene rings is 1. The first-order valence-electron chi connectivity index (χ1n) is 8.36. The summed E-state index contributed by atoms with van der Waals surface area (Å²) in [5.74, 6) is 3.12. The molecule has 0 aliphatic rings. The van der Waals surface area contributed by atoms with Gasteiger partial charge in [0, 0.05) is 11.3 Å². The van der Waals surface area contributed by atoms with Crippen molar-refractivity contribution in [3.8, 4) is 22.1 Å². The summed E-state index contributed by atoms with van der Waals surface area (Å²) in [6.45, 7) is 3.88. The largest absolute Gasteiger partial charge is 0.495 e. The van der Waals surface area contributed by atoms with Gasteiger partial charge in [-0.15, -0.1) is 21.5 Å². The molecule has 8 heteroatoms. The number of thiophene rings is 1. The van der Waals surface area contributed by atoms with Gasteiger partial charge in [0.15, 0.2) is 11.0 Å². The molecule has 4 rings (SSSR count). The highest BCUT2D eigenvalue weighted by Crippen LogP contribution is 2.35. The molecule has 4 aromatic rings. The summed E-state index contributed by atoms with van der Waals surface area (Å²) in [5.41, 5.74) is 2.91. The minimum Gasteiger partial charge on any atom is -0.495 e. The number of ether oxygens (including phenoxy) is 1. The number of hydrogen-bond acceptors (Lipinski definition) is 7. The van der Waals surface area contributed by atoms with Gasteiger partial charge in [-0.2, -0.15) is 0 Å². The predicted molar refractivity (Wildman–Crippen MR) is 107 cm³/mol. The molecule has 1 aromatic carbocycles. The van der Waals surface area contributed by atoms with Crippen molar-refractivity contribution >= 4 is 23.1 Å². The zero-order valence-electron chi connectivity index (χ0n) is 15.2. The maximum absolute atomic E-state index is 5.58. The number of nitrogens with zero attached hydrogens (tertiary/aromatic N) is 4. The Balaban J connectivity index is 1.78. The van der Waals surface area contributed by atoms with Gasteiger partial charge in [-0.05, 0) is 37.4 Å². The Morgan fingerprint density at radius 3 is 2.70 bits per heavy atom. The van der Waals surface area contributed by atoms with E-state index in [0.29, 0.717) is 5.75 Å². The molecule has 0 atom stereocenters. The zero-order valence-corrected chi connectivity index (χ0v) is 16.8. The van der Waals surface area contributed by atoms with Crippen LogP contribution in [0.15, 0.2) is 51.5 Å². The minimum atomic E-state index is 0.707. The van der Waals surface area contributed by atoms with Crippen LogP contribution in [0.4, 0.5) is 0 Å². The summed E-state index contributed by atoms with van der Waals surface area (Å²) < 4.78 is 12.9. The standard InChI is InChI=1S/C19H18N4O2S2/c1-12-14(13(2)25-22-12)11-27-19-21-20-18(17-9-6-10-26-17)23(19)15-7-4-5-8-16(15)24-3/h4-10H,11H2,1-3H3. The fourth-order valence-electron chi connectivity index (χ4n) is 2.81. The van der Waals surface area contributed by atoms with Crippen LogP contribution in [0.2, 0.25) is 0 Å². The molecule has 0 aliphatic heterocycles. The van der Waals surface area contributed by atoms with Gasteiger partial charge in [-0.3, -0.25) is 4.57 Å². The first-order chi connectivity index (χ1) is 13.2. The van der Waals surface area contributed by atoms with Crippen LogP contribution < -0.4 is 4.74 Å². The molecule has 0 bridgehead atoms. The molecule has 0 amide bonds. The normalized spacial score (nSPS) is 11.1. The van der Waals surface area contributed by atoms with Gasteiger partial charge >= 0.3 is 0 Å². The Labute approximate surface area is 165 Å². The van der Waals surface area contributed by atoms with Crippen molar-refractivity contribution in [2.75, 3.05) is 7.11 Å².